The molecule has 1 aromatic heterocycles. The summed E-state index contributed by atoms with van der Waals surface area (Å²) in [6.07, 6.45) is 7.27. The molecule has 146 valence electrons. The van der Waals surface area contributed by atoms with Gasteiger partial charge in [-0.1, -0.05) is 42.6 Å². The lowest BCUT2D eigenvalue weighted by molar-refractivity contribution is -0.116. The molecule has 0 saturated heterocycles. The summed E-state index contributed by atoms with van der Waals surface area (Å²) in [5.74, 6) is 2.27. The van der Waals surface area contributed by atoms with Crippen molar-refractivity contribution in [2.75, 3.05) is 6.61 Å². The molecule has 0 amide bonds. The topological polar surface area (TPSA) is 63.8 Å². The molecule has 1 unspecified atom stereocenters. The van der Waals surface area contributed by atoms with Crippen LogP contribution in [0.25, 0.3) is 10.9 Å². The van der Waals surface area contributed by atoms with Crippen LogP contribution in [0.2, 0.25) is 0 Å². The number of para-hydroxylation sites is 1. The highest BCUT2D eigenvalue weighted by molar-refractivity contribution is 6.23. The summed E-state index contributed by atoms with van der Waals surface area (Å²) in [6, 6.07) is 8.20. The first-order valence-corrected chi connectivity index (χ1v) is 9.61. The fourth-order valence-electron chi connectivity index (χ4n) is 4.20. The molecule has 2 aromatic rings. The summed E-state index contributed by atoms with van der Waals surface area (Å²) < 4.78 is 2.14. The monoisotopic (exact) mass is 378 g/mol. The molecular weight excluding hydrogens is 352 g/mol. The molecule has 5 heteroatoms. The van der Waals surface area contributed by atoms with Gasteiger partial charge < -0.3 is 14.5 Å². The minimum absolute atomic E-state index is 0.0349. The summed E-state index contributed by atoms with van der Waals surface area (Å²) in [6.45, 7) is 4.10. The predicted molar refractivity (Wildman–Crippen MR) is 111 cm³/mol. The van der Waals surface area contributed by atoms with Crippen molar-refractivity contribution in [1.82, 2.24) is 4.57 Å². The van der Waals surface area contributed by atoms with E-state index in [1.54, 1.807) is 0 Å². The number of oxime groups is 1. The highest BCUT2D eigenvalue weighted by atomic mass is 16.6. The molecule has 28 heavy (non-hydrogen) atoms. The number of aromatic nitrogens is 1. The predicted octanol–water partition coefficient (Wildman–Crippen LogP) is 4.55. The Bertz CT molecular complexity index is 966. The van der Waals surface area contributed by atoms with Gasteiger partial charge in [-0.05, 0) is 25.0 Å². The highest BCUT2D eigenvalue weighted by Gasteiger charge is 2.33. The molecule has 1 aliphatic rings. The largest absolute Gasteiger partial charge is 0.511 e. The Kier molecular flexibility index (Phi) is 5.89. The summed E-state index contributed by atoms with van der Waals surface area (Å²) >= 11 is 0. The number of rotatable bonds is 6. The molecule has 0 bridgehead atoms. The second kappa shape index (κ2) is 8.35. The molecule has 1 atom stereocenters. The maximum Gasteiger partial charge on any atom is 0.177 e. The molecule has 1 heterocycles. The van der Waals surface area contributed by atoms with E-state index in [1.807, 2.05) is 26.1 Å². The molecule has 0 spiro atoms. The number of nitrogens with zero attached hydrogens (tertiary/aromatic N) is 2. The van der Waals surface area contributed by atoms with Crippen molar-refractivity contribution in [3.63, 3.8) is 0 Å². The Hall–Kier alpha value is -3.00. The standard InChI is InChI=1S/C23H26N2O3/c1-5-9-18(24-28-12-6-2)22-20(26)13-16(14-21(22)27)23-15(3)17-10-7-8-11-19(17)25(23)4/h2,7-8,10-11,16,26H,5,9,12-14H2,1,3-4H3. The van der Waals surface area contributed by atoms with Gasteiger partial charge >= 0.3 is 0 Å². The Morgan fingerprint density at radius 2 is 2.14 bits per heavy atom. The number of hydrogen-bond donors (Lipinski definition) is 1. The first kappa shape index (κ1) is 19.8. The van der Waals surface area contributed by atoms with Gasteiger partial charge in [0.15, 0.2) is 12.4 Å². The minimum Gasteiger partial charge on any atom is -0.511 e. The number of aliphatic hydroxyl groups excluding tert-OH is 1. The summed E-state index contributed by atoms with van der Waals surface area (Å²) in [5.41, 5.74) is 4.16. The first-order chi connectivity index (χ1) is 13.5. The molecular formula is C23H26N2O3. The second-order valence-electron chi connectivity index (χ2n) is 7.20. The lowest BCUT2D eigenvalue weighted by Crippen LogP contribution is -2.25. The third-order valence-electron chi connectivity index (χ3n) is 5.34. The second-order valence-corrected chi connectivity index (χ2v) is 7.20. The van der Waals surface area contributed by atoms with Crippen LogP contribution in [-0.2, 0) is 16.7 Å². The van der Waals surface area contributed by atoms with Crippen LogP contribution in [-0.4, -0.2) is 27.8 Å². The Labute approximate surface area is 165 Å². The van der Waals surface area contributed by atoms with Gasteiger partial charge in [-0.15, -0.1) is 6.42 Å². The molecule has 5 nitrogen and oxygen atoms in total. The SMILES string of the molecule is C#CCON=C(CCC)C1=C(O)CC(c2c(C)c3ccccc3n2C)CC1=O. The molecule has 1 aromatic carbocycles. The van der Waals surface area contributed by atoms with Gasteiger partial charge in [0.1, 0.15) is 5.76 Å². The normalized spacial score (nSPS) is 17.9. The van der Waals surface area contributed by atoms with Crippen LogP contribution in [0.1, 0.15) is 49.8 Å². The van der Waals surface area contributed by atoms with Crippen molar-refractivity contribution in [2.45, 2.75) is 45.4 Å². The molecule has 0 aliphatic heterocycles. The van der Waals surface area contributed by atoms with Crippen LogP contribution in [0.5, 0.6) is 0 Å². The fraction of sp³-hybridized carbons (Fsp3) is 0.391. The number of ketones is 1. The van der Waals surface area contributed by atoms with Crippen LogP contribution in [0, 0.1) is 19.3 Å². The average Bonchev–Trinajstić information content (AvgIpc) is 2.92. The van der Waals surface area contributed by atoms with Crippen LogP contribution in [0.4, 0.5) is 0 Å². The van der Waals surface area contributed by atoms with Gasteiger partial charge in [0.25, 0.3) is 0 Å². The van der Waals surface area contributed by atoms with Crippen LogP contribution in [0.3, 0.4) is 0 Å². The number of aryl methyl sites for hydroxylation is 2. The van der Waals surface area contributed by atoms with Crippen molar-refractivity contribution in [3.8, 4) is 12.3 Å². The summed E-state index contributed by atoms with van der Waals surface area (Å²) in [4.78, 5) is 18.1. The quantitative estimate of drug-likeness (QED) is 0.347. The van der Waals surface area contributed by atoms with E-state index in [0.29, 0.717) is 30.5 Å². The fourth-order valence-corrected chi connectivity index (χ4v) is 4.20. The summed E-state index contributed by atoms with van der Waals surface area (Å²) in [5, 5.41) is 16.0. The average molecular weight is 378 g/mol. The van der Waals surface area contributed by atoms with Crippen molar-refractivity contribution >= 4 is 22.4 Å². The van der Waals surface area contributed by atoms with Crippen LogP contribution in [0.15, 0.2) is 40.8 Å². The number of allylic oxidation sites excluding steroid dienone is 2. The number of aliphatic hydroxyl groups is 1. The van der Waals surface area contributed by atoms with E-state index >= 15 is 0 Å². The zero-order valence-electron chi connectivity index (χ0n) is 16.7. The van der Waals surface area contributed by atoms with E-state index in [-0.39, 0.29) is 24.1 Å². The number of fused-ring (bicyclic) bond motifs is 1. The zero-order valence-corrected chi connectivity index (χ0v) is 16.7. The number of carbonyl (C=O) groups is 1. The van der Waals surface area contributed by atoms with E-state index in [2.05, 4.69) is 34.7 Å². The maximum atomic E-state index is 13.0. The van der Waals surface area contributed by atoms with Gasteiger partial charge in [0.05, 0.1) is 11.3 Å². The number of Topliss-reactive ketones (excluding diaryl/α,β-unsaturated/α-hetero) is 1. The van der Waals surface area contributed by atoms with Crippen molar-refractivity contribution in [2.24, 2.45) is 12.2 Å². The van der Waals surface area contributed by atoms with E-state index in [1.165, 1.54) is 5.39 Å². The molecule has 0 radical (unpaired) electrons. The molecule has 0 fully saturated rings. The van der Waals surface area contributed by atoms with E-state index in [4.69, 9.17) is 11.3 Å². The van der Waals surface area contributed by atoms with E-state index < -0.39 is 0 Å². The van der Waals surface area contributed by atoms with Crippen molar-refractivity contribution < 1.29 is 14.7 Å². The molecule has 1 N–H and O–H groups in total. The lowest BCUT2D eigenvalue weighted by atomic mass is 9.81. The zero-order chi connectivity index (χ0) is 20.3. The van der Waals surface area contributed by atoms with Gasteiger partial charge in [0.2, 0.25) is 0 Å². The van der Waals surface area contributed by atoms with Crippen molar-refractivity contribution in [3.05, 3.63) is 46.9 Å². The van der Waals surface area contributed by atoms with Crippen LogP contribution >= 0.6 is 0 Å². The number of carbonyl (C=O) groups excluding carboxylic acids is 1. The number of hydrogen-bond acceptors (Lipinski definition) is 4. The van der Waals surface area contributed by atoms with Gasteiger partial charge in [0, 0.05) is 42.4 Å². The molecule has 0 saturated carbocycles. The Morgan fingerprint density at radius 1 is 1.39 bits per heavy atom. The Balaban J connectivity index is 1.98. The van der Waals surface area contributed by atoms with Gasteiger partial charge in [-0.2, -0.15) is 0 Å². The first-order valence-electron chi connectivity index (χ1n) is 9.61. The van der Waals surface area contributed by atoms with E-state index in [0.717, 1.165) is 23.2 Å². The number of benzene rings is 1. The number of terminal acetylenes is 1. The van der Waals surface area contributed by atoms with Crippen molar-refractivity contribution in [1.29, 1.82) is 0 Å². The lowest BCUT2D eigenvalue weighted by Gasteiger charge is -2.25. The third-order valence-corrected chi connectivity index (χ3v) is 5.34. The smallest absolute Gasteiger partial charge is 0.177 e. The summed E-state index contributed by atoms with van der Waals surface area (Å²) in [7, 11) is 2.02. The minimum atomic E-state index is -0.102. The van der Waals surface area contributed by atoms with Gasteiger partial charge in [-0.25, -0.2) is 0 Å². The van der Waals surface area contributed by atoms with Crippen LogP contribution < -0.4 is 0 Å². The maximum absolute atomic E-state index is 13.0. The van der Waals surface area contributed by atoms with E-state index in [9.17, 15) is 9.90 Å². The Morgan fingerprint density at radius 3 is 2.79 bits per heavy atom. The highest BCUT2D eigenvalue weighted by Crippen LogP contribution is 2.39. The molecule has 3 rings (SSSR count). The van der Waals surface area contributed by atoms with Gasteiger partial charge in [-0.3, -0.25) is 4.79 Å². The molecule has 1 aliphatic carbocycles. The third kappa shape index (κ3) is 3.55.